The second-order valence-corrected chi connectivity index (χ2v) is 8.79. The van der Waals surface area contributed by atoms with E-state index in [2.05, 4.69) is 10.4 Å². The Bertz CT molecular complexity index is 1360. The van der Waals surface area contributed by atoms with E-state index in [-0.39, 0.29) is 0 Å². The van der Waals surface area contributed by atoms with Crippen LogP contribution in [0.5, 0.6) is 11.5 Å². The molecule has 10 heteroatoms. The molecule has 0 atom stereocenters. The summed E-state index contributed by atoms with van der Waals surface area (Å²) in [6, 6.07) is 14.3. The molecule has 2 heterocycles. The average Bonchev–Trinajstić information content (AvgIpc) is 3.40. The first-order valence-corrected chi connectivity index (χ1v) is 11.5. The van der Waals surface area contributed by atoms with Crippen LogP contribution in [-0.2, 0) is 16.1 Å². The van der Waals surface area contributed by atoms with E-state index in [9.17, 15) is 9.59 Å². The van der Waals surface area contributed by atoms with Crippen molar-refractivity contribution in [2.24, 2.45) is 0 Å². The Balaban J connectivity index is 1.43. The fourth-order valence-corrected chi connectivity index (χ4v) is 4.65. The second kappa shape index (κ2) is 10.1. The number of aryl methyl sites for hydroxylation is 1. The highest BCUT2D eigenvalue weighted by molar-refractivity contribution is 7.20. The highest BCUT2D eigenvalue weighted by Crippen LogP contribution is 2.31. The number of nitrogens with one attached hydrogen (secondary N) is 1. The van der Waals surface area contributed by atoms with Crippen molar-refractivity contribution < 1.29 is 23.8 Å². The fourth-order valence-electron chi connectivity index (χ4n) is 3.40. The van der Waals surface area contributed by atoms with E-state index in [4.69, 9.17) is 25.8 Å². The van der Waals surface area contributed by atoms with Gasteiger partial charge < -0.3 is 19.5 Å². The number of rotatable bonds is 8. The van der Waals surface area contributed by atoms with Crippen LogP contribution in [0.25, 0.3) is 10.2 Å². The first-order valence-electron chi connectivity index (χ1n) is 10.3. The molecule has 0 fully saturated rings. The third-order valence-electron chi connectivity index (χ3n) is 5.10. The van der Waals surface area contributed by atoms with Crippen molar-refractivity contribution in [3.8, 4) is 11.5 Å². The molecule has 0 saturated carbocycles. The van der Waals surface area contributed by atoms with Crippen molar-refractivity contribution in [2.45, 2.75) is 13.5 Å². The number of amides is 1. The molecular formula is C24H22ClN3O5S. The average molecular weight is 500 g/mol. The van der Waals surface area contributed by atoms with E-state index in [0.29, 0.717) is 33.6 Å². The monoisotopic (exact) mass is 499 g/mol. The first-order chi connectivity index (χ1) is 16.4. The Morgan fingerprint density at radius 2 is 1.91 bits per heavy atom. The summed E-state index contributed by atoms with van der Waals surface area (Å²) in [5.41, 5.74) is 2.17. The van der Waals surface area contributed by atoms with Crippen LogP contribution in [0.15, 0.2) is 48.5 Å². The number of hydrogen-bond donors (Lipinski definition) is 1. The van der Waals surface area contributed by atoms with Crippen molar-refractivity contribution in [1.82, 2.24) is 9.78 Å². The van der Waals surface area contributed by atoms with Crippen LogP contribution in [0, 0.1) is 6.92 Å². The molecule has 0 aliphatic carbocycles. The smallest absolute Gasteiger partial charge is 0.348 e. The molecule has 0 unspecified atom stereocenters. The van der Waals surface area contributed by atoms with Crippen LogP contribution in [-0.4, -0.2) is 42.5 Å². The Labute approximate surface area is 205 Å². The third kappa shape index (κ3) is 5.00. The molecule has 34 heavy (non-hydrogen) atoms. The van der Waals surface area contributed by atoms with Crippen molar-refractivity contribution in [1.29, 1.82) is 0 Å². The molecule has 2 aromatic heterocycles. The van der Waals surface area contributed by atoms with Crippen molar-refractivity contribution in [3.05, 3.63) is 69.7 Å². The van der Waals surface area contributed by atoms with Crippen molar-refractivity contribution in [3.63, 3.8) is 0 Å². The van der Waals surface area contributed by atoms with Crippen LogP contribution in [0.2, 0.25) is 5.02 Å². The summed E-state index contributed by atoms with van der Waals surface area (Å²) in [5.74, 6) is -0.0442. The Morgan fingerprint density at radius 1 is 1.12 bits per heavy atom. The summed E-state index contributed by atoms with van der Waals surface area (Å²) in [5, 5.41) is 8.75. The van der Waals surface area contributed by atoms with Crippen LogP contribution in [0.4, 0.5) is 5.69 Å². The number of carbonyl (C=O) groups is 2. The van der Waals surface area contributed by atoms with Gasteiger partial charge >= 0.3 is 5.97 Å². The molecule has 0 aliphatic heterocycles. The molecule has 0 radical (unpaired) electrons. The van der Waals surface area contributed by atoms with Crippen LogP contribution in [0.1, 0.15) is 20.9 Å². The minimum atomic E-state index is -0.582. The number of esters is 1. The maximum atomic E-state index is 12.6. The number of carbonyl (C=O) groups excluding carboxylic acids is 2. The molecule has 4 rings (SSSR count). The molecule has 1 amide bonds. The summed E-state index contributed by atoms with van der Waals surface area (Å²) < 4.78 is 17.5. The summed E-state index contributed by atoms with van der Waals surface area (Å²) in [6.45, 7) is 1.92. The van der Waals surface area contributed by atoms with Gasteiger partial charge in [0.05, 0.1) is 32.1 Å². The summed E-state index contributed by atoms with van der Waals surface area (Å²) in [6.07, 6.45) is 0. The minimum Gasteiger partial charge on any atom is -0.497 e. The molecule has 2 aromatic carbocycles. The predicted molar refractivity (Wildman–Crippen MR) is 131 cm³/mol. The van der Waals surface area contributed by atoms with Gasteiger partial charge in [0.15, 0.2) is 6.61 Å². The highest BCUT2D eigenvalue weighted by Gasteiger charge is 2.19. The lowest BCUT2D eigenvalue weighted by atomic mass is 10.2. The molecule has 0 aliphatic rings. The third-order valence-corrected chi connectivity index (χ3v) is 6.60. The van der Waals surface area contributed by atoms with Gasteiger partial charge in [0.1, 0.15) is 21.2 Å². The van der Waals surface area contributed by atoms with Gasteiger partial charge in [-0.05, 0) is 36.8 Å². The molecule has 4 aromatic rings. The second-order valence-electron chi connectivity index (χ2n) is 7.35. The number of methoxy groups -OCH3 is 2. The fraction of sp³-hybridized carbons (Fsp3) is 0.208. The van der Waals surface area contributed by atoms with Gasteiger partial charge in [-0.25, -0.2) is 4.79 Å². The SMILES string of the molecule is COc1ccc(NC(=O)COC(=O)c2cc3c(C)nn(Cc4ccccc4Cl)c3s2)c(OC)c1. The number of fused-ring (bicyclic) bond motifs is 1. The van der Waals surface area contributed by atoms with E-state index in [1.807, 2.05) is 35.9 Å². The predicted octanol–water partition coefficient (Wildman–Crippen LogP) is 4.92. The maximum Gasteiger partial charge on any atom is 0.348 e. The van der Waals surface area contributed by atoms with Gasteiger partial charge in [-0.15, -0.1) is 11.3 Å². The Hall–Kier alpha value is -3.56. The number of aromatic nitrogens is 2. The zero-order valence-electron chi connectivity index (χ0n) is 18.8. The van der Waals surface area contributed by atoms with Gasteiger partial charge in [0, 0.05) is 16.5 Å². The molecule has 176 valence electrons. The number of ether oxygens (including phenoxy) is 3. The molecule has 0 bridgehead atoms. The number of hydrogen-bond acceptors (Lipinski definition) is 7. The zero-order chi connectivity index (χ0) is 24.2. The number of thiophene rings is 1. The number of anilines is 1. The molecular weight excluding hydrogens is 478 g/mol. The normalized spacial score (nSPS) is 10.8. The lowest BCUT2D eigenvalue weighted by Gasteiger charge is -2.11. The molecule has 0 saturated heterocycles. The van der Waals surface area contributed by atoms with Crippen LogP contribution < -0.4 is 14.8 Å². The first kappa shape index (κ1) is 23.6. The van der Waals surface area contributed by atoms with Crippen molar-refractivity contribution in [2.75, 3.05) is 26.1 Å². The minimum absolute atomic E-state index is 0.387. The standard InChI is InChI=1S/C24H22ClN3O5S/c1-14-17-11-21(34-23(17)28(27-14)12-15-6-4-5-7-18(15)25)24(30)33-13-22(29)26-19-9-8-16(31-2)10-20(19)32-3/h4-11H,12-13H2,1-3H3,(H,26,29). The summed E-state index contributed by atoms with van der Waals surface area (Å²) >= 11 is 7.55. The quantitative estimate of drug-likeness (QED) is 0.346. The van der Waals surface area contributed by atoms with Gasteiger partial charge in [0.2, 0.25) is 0 Å². The lowest BCUT2D eigenvalue weighted by Crippen LogP contribution is -2.21. The molecule has 1 N–H and O–H groups in total. The maximum absolute atomic E-state index is 12.6. The topological polar surface area (TPSA) is 91.7 Å². The molecule has 8 nitrogen and oxygen atoms in total. The number of benzene rings is 2. The highest BCUT2D eigenvalue weighted by atomic mass is 35.5. The summed E-state index contributed by atoms with van der Waals surface area (Å²) in [7, 11) is 3.02. The number of halogens is 1. The van der Waals surface area contributed by atoms with Gasteiger partial charge in [0.25, 0.3) is 5.91 Å². The van der Waals surface area contributed by atoms with E-state index in [1.54, 1.807) is 24.3 Å². The van der Waals surface area contributed by atoms with E-state index >= 15 is 0 Å². The van der Waals surface area contributed by atoms with E-state index in [1.165, 1.54) is 25.6 Å². The largest absolute Gasteiger partial charge is 0.497 e. The lowest BCUT2D eigenvalue weighted by molar-refractivity contribution is -0.119. The molecule has 0 spiro atoms. The Morgan fingerprint density at radius 3 is 2.65 bits per heavy atom. The van der Waals surface area contributed by atoms with Crippen LogP contribution in [0.3, 0.4) is 0 Å². The van der Waals surface area contributed by atoms with Gasteiger partial charge in [-0.1, -0.05) is 29.8 Å². The zero-order valence-corrected chi connectivity index (χ0v) is 20.3. The van der Waals surface area contributed by atoms with Gasteiger partial charge in [-0.3, -0.25) is 9.48 Å². The van der Waals surface area contributed by atoms with Crippen LogP contribution >= 0.6 is 22.9 Å². The Kier molecular flexibility index (Phi) is 7.04. The van der Waals surface area contributed by atoms with Gasteiger partial charge in [-0.2, -0.15) is 5.10 Å². The van der Waals surface area contributed by atoms with Crippen molar-refractivity contribution >= 4 is 50.7 Å². The van der Waals surface area contributed by atoms with E-state index in [0.717, 1.165) is 21.5 Å². The summed E-state index contributed by atoms with van der Waals surface area (Å²) in [4.78, 5) is 26.2. The number of nitrogens with zero attached hydrogens (tertiary/aromatic N) is 2. The van der Waals surface area contributed by atoms with E-state index < -0.39 is 18.5 Å².